The van der Waals surface area contributed by atoms with Crippen LogP contribution in [0.25, 0.3) is 0 Å². The molecule has 1 amide bonds. The topological polar surface area (TPSA) is 72.8 Å². The number of carbonyl (C=O) groups is 1. The molecule has 6 heteroatoms. The number of nitrogens with one attached hydrogen (secondary N) is 1. The minimum atomic E-state index is -0.380. The lowest BCUT2D eigenvalue weighted by Gasteiger charge is -2.26. The summed E-state index contributed by atoms with van der Waals surface area (Å²) >= 11 is 6.23. The molecule has 0 saturated heterocycles. The van der Waals surface area contributed by atoms with Gasteiger partial charge in [0.1, 0.15) is 11.5 Å². The largest absolute Gasteiger partial charge is 0.508 e. The smallest absolute Gasteiger partial charge is 0.251 e. The van der Waals surface area contributed by atoms with Crippen molar-refractivity contribution in [2.24, 2.45) is 0 Å². The normalized spacial score (nSPS) is 12.2. The Kier molecular flexibility index (Phi) is 5.47. The number of halogens is 1. The van der Waals surface area contributed by atoms with Crippen LogP contribution >= 0.6 is 11.6 Å². The first-order chi connectivity index (χ1) is 10.9. The molecule has 0 aliphatic carbocycles. The Labute approximate surface area is 140 Å². The molecule has 3 N–H and O–H groups in total. The van der Waals surface area contributed by atoms with Gasteiger partial charge in [0.15, 0.2) is 0 Å². The number of carbonyl (C=O) groups excluding carboxylic acids is 1. The predicted octanol–water partition coefficient (Wildman–Crippen LogP) is 2.78. The van der Waals surface area contributed by atoms with Crippen LogP contribution in [0.4, 0.5) is 0 Å². The van der Waals surface area contributed by atoms with Crippen LogP contribution in [0.2, 0.25) is 5.02 Å². The lowest BCUT2D eigenvalue weighted by atomic mass is 10.1. The molecule has 0 spiro atoms. The van der Waals surface area contributed by atoms with Gasteiger partial charge in [-0.1, -0.05) is 29.8 Å². The molecule has 2 aromatic carbocycles. The van der Waals surface area contributed by atoms with E-state index in [0.29, 0.717) is 11.6 Å². The number of aromatic hydroxyl groups is 2. The summed E-state index contributed by atoms with van der Waals surface area (Å²) in [5.41, 5.74) is 1.11. The molecule has 0 aliphatic heterocycles. The molecular formula is C17H19ClN2O3. The second-order valence-electron chi connectivity index (χ2n) is 5.45. The van der Waals surface area contributed by atoms with E-state index in [-0.39, 0.29) is 29.0 Å². The van der Waals surface area contributed by atoms with Crippen molar-refractivity contribution in [2.45, 2.75) is 6.04 Å². The summed E-state index contributed by atoms with van der Waals surface area (Å²) in [5.74, 6) is -0.703. The maximum Gasteiger partial charge on any atom is 0.251 e. The predicted molar refractivity (Wildman–Crippen MR) is 90.0 cm³/mol. The van der Waals surface area contributed by atoms with Gasteiger partial charge in [0.25, 0.3) is 5.91 Å². The third-order valence-electron chi connectivity index (χ3n) is 3.51. The van der Waals surface area contributed by atoms with Crippen molar-refractivity contribution in [2.75, 3.05) is 20.6 Å². The maximum atomic E-state index is 12.2. The van der Waals surface area contributed by atoms with Crippen LogP contribution in [-0.2, 0) is 0 Å². The first-order valence-corrected chi connectivity index (χ1v) is 7.48. The summed E-state index contributed by atoms with van der Waals surface area (Å²) in [5, 5.41) is 22.3. The number of amides is 1. The van der Waals surface area contributed by atoms with Gasteiger partial charge < -0.3 is 20.4 Å². The average Bonchev–Trinajstić information content (AvgIpc) is 2.47. The highest BCUT2D eigenvalue weighted by Crippen LogP contribution is 2.26. The molecule has 0 fully saturated rings. The van der Waals surface area contributed by atoms with E-state index >= 15 is 0 Å². The Bertz CT molecular complexity index is 684. The van der Waals surface area contributed by atoms with Gasteiger partial charge in [-0.05, 0) is 37.9 Å². The number of nitrogens with zero attached hydrogens (tertiary/aromatic N) is 1. The Hall–Kier alpha value is -2.24. The summed E-state index contributed by atoms with van der Waals surface area (Å²) < 4.78 is 0. The number of likely N-dealkylation sites (N-methyl/N-ethyl adjacent to an activating group) is 1. The Morgan fingerprint density at radius 3 is 2.35 bits per heavy atom. The van der Waals surface area contributed by atoms with Gasteiger partial charge >= 0.3 is 0 Å². The lowest BCUT2D eigenvalue weighted by molar-refractivity contribution is 0.0941. The van der Waals surface area contributed by atoms with Crippen LogP contribution in [0.15, 0.2) is 42.5 Å². The molecule has 0 bridgehead atoms. The van der Waals surface area contributed by atoms with Crippen molar-refractivity contribution < 1.29 is 15.0 Å². The fraction of sp³-hybridized carbons (Fsp3) is 0.235. The third-order valence-corrected chi connectivity index (χ3v) is 3.85. The highest BCUT2D eigenvalue weighted by Gasteiger charge is 2.18. The van der Waals surface area contributed by atoms with Crippen LogP contribution < -0.4 is 5.32 Å². The van der Waals surface area contributed by atoms with Gasteiger partial charge in [0, 0.05) is 23.2 Å². The van der Waals surface area contributed by atoms with Crippen molar-refractivity contribution >= 4 is 17.5 Å². The highest BCUT2D eigenvalue weighted by atomic mass is 35.5. The van der Waals surface area contributed by atoms with Crippen molar-refractivity contribution in [1.82, 2.24) is 10.2 Å². The molecule has 0 aromatic heterocycles. The number of hydrogen-bond acceptors (Lipinski definition) is 4. The van der Waals surface area contributed by atoms with Crippen molar-refractivity contribution in [3.63, 3.8) is 0 Å². The number of rotatable bonds is 5. The number of benzene rings is 2. The van der Waals surface area contributed by atoms with Crippen molar-refractivity contribution in [3.05, 3.63) is 58.6 Å². The summed E-state index contributed by atoms with van der Waals surface area (Å²) in [6, 6.07) is 11.1. The standard InChI is InChI=1S/C17H19ClN2O3/c1-20(2)16(14-5-3-4-6-15(14)18)10-19-17(23)11-7-12(21)9-13(22)8-11/h3-9,16,21-22H,10H2,1-2H3,(H,19,23). The first-order valence-electron chi connectivity index (χ1n) is 7.10. The quantitative estimate of drug-likeness (QED) is 0.786. The zero-order valence-corrected chi connectivity index (χ0v) is 13.7. The molecule has 2 aromatic rings. The van der Waals surface area contributed by atoms with Gasteiger partial charge in [-0.15, -0.1) is 0 Å². The second kappa shape index (κ2) is 7.35. The minimum Gasteiger partial charge on any atom is -0.508 e. The Balaban J connectivity index is 2.13. The van der Waals surface area contributed by atoms with Gasteiger partial charge in [-0.25, -0.2) is 0 Å². The fourth-order valence-electron chi connectivity index (χ4n) is 2.33. The molecule has 122 valence electrons. The zero-order chi connectivity index (χ0) is 17.0. The lowest BCUT2D eigenvalue weighted by Crippen LogP contribution is -2.34. The van der Waals surface area contributed by atoms with Crippen LogP contribution in [-0.4, -0.2) is 41.7 Å². The molecule has 0 saturated carbocycles. The molecular weight excluding hydrogens is 316 g/mol. The molecule has 2 rings (SSSR count). The van der Waals surface area contributed by atoms with E-state index in [4.69, 9.17) is 11.6 Å². The van der Waals surface area contributed by atoms with E-state index in [1.165, 1.54) is 18.2 Å². The molecule has 1 unspecified atom stereocenters. The van der Waals surface area contributed by atoms with Crippen LogP contribution in [0.1, 0.15) is 22.0 Å². The van der Waals surface area contributed by atoms with Crippen LogP contribution in [0.3, 0.4) is 0 Å². The van der Waals surface area contributed by atoms with Gasteiger partial charge in [0.2, 0.25) is 0 Å². The van der Waals surface area contributed by atoms with E-state index < -0.39 is 0 Å². The third kappa shape index (κ3) is 4.37. The second-order valence-corrected chi connectivity index (χ2v) is 5.86. The number of phenolic OH excluding ortho intramolecular Hbond substituents is 2. The summed E-state index contributed by atoms with van der Waals surface area (Å²) in [6.45, 7) is 0.339. The van der Waals surface area contributed by atoms with E-state index in [1.807, 2.05) is 43.3 Å². The molecule has 23 heavy (non-hydrogen) atoms. The van der Waals surface area contributed by atoms with E-state index in [9.17, 15) is 15.0 Å². The van der Waals surface area contributed by atoms with Crippen molar-refractivity contribution in [3.8, 4) is 11.5 Å². The van der Waals surface area contributed by atoms with Crippen LogP contribution in [0.5, 0.6) is 11.5 Å². The Morgan fingerprint density at radius 1 is 1.17 bits per heavy atom. The maximum absolute atomic E-state index is 12.2. The zero-order valence-electron chi connectivity index (χ0n) is 13.0. The van der Waals surface area contributed by atoms with Crippen molar-refractivity contribution in [1.29, 1.82) is 0 Å². The molecule has 0 aliphatic rings. The van der Waals surface area contributed by atoms with E-state index in [0.717, 1.165) is 5.56 Å². The van der Waals surface area contributed by atoms with Gasteiger partial charge in [-0.3, -0.25) is 4.79 Å². The molecule has 0 heterocycles. The molecule has 1 atom stereocenters. The fourth-order valence-corrected chi connectivity index (χ4v) is 2.60. The summed E-state index contributed by atoms with van der Waals surface area (Å²) in [4.78, 5) is 14.2. The monoisotopic (exact) mass is 334 g/mol. The van der Waals surface area contributed by atoms with Crippen LogP contribution in [0, 0.1) is 0 Å². The van der Waals surface area contributed by atoms with E-state index in [2.05, 4.69) is 5.32 Å². The van der Waals surface area contributed by atoms with E-state index in [1.54, 1.807) is 0 Å². The number of hydrogen-bond donors (Lipinski definition) is 3. The Morgan fingerprint density at radius 2 is 1.78 bits per heavy atom. The minimum absolute atomic E-state index is 0.0986. The highest BCUT2D eigenvalue weighted by molar-refractivity contribution is 6.31. The summed E-state index contributed by atoms with van der Waals surface area (Å²) in [7, 11) is 3.81. The number of phenols is 2. The first kappa shape index (κ1) is 17.1. The summed E-state index contributed by atoms with van der Waals surface area (Å²) in [6.07, 6.45) is 0. The molecule has 0 radical (unpaired) electrons. The SMILES string of the molecule is CN(C)C(CNC(=O)c1cc(O)cc(O)c1)c1ccccc1Cl. The average molecular weight is 335 g/mol. The van der Waals surface area contributed by atoms with Gasteiger partial charge in [0.05, 0.1) is 6.04 Å². The van der Waals surface area contributed by atoms with Gasteiger partial charge in [-0.2, -0.15) is 0 Å². The molecule has 5 nitrogen and oxygen atoms in total.